The van der Waals surface area contributed by atoms with Gasteiger partial charge in [0.25, 0.3) is 5.69 Å². The van der Waals surface area contributed by atoms with E-state index >= 15 is 0 Å². The van der Waals surface area contributed by atoms with Crippen LogP contribution in [-0.4, -0.2) is 27.3 Å². The molecule has 0 bridgehead atoms. The van der Waals surface area contributed by atoms with Crippen LogP contribution in [0.2, 0.25) is 0 Å². The molecule has 1 heterocycles. The second kappa shape index (κ2) is 6.74. The van der Waals surface area contributed by atoms with Gasteiger partial charge in [-0.25, -0.2) is 0 Å². The zero-order valence-electron chi connectivity index (χ0n) is 12.1. The Morgan fingerprint density at radius 1 is 1.38 bits per heavy atom. The summed E-state index contributed by atoms with van der Waals surface area (Å²) in [6.45, 7) is 5.36. The van der Waals surface area contributed by atoms with Crippen molar-refractivity contribution in [3.8, 4) is 0 Å². The van der Waals surface area contributed by atoms with E-state index < -0.39 is 0 Å². The molecule has 1 atom stereocenters. The van der Waals surface area contributed by atoms with Gasteiger partial charge in [-0.15, -0.1) is 0 Å². The van der Waals surface area contributed by atoms with Crippen LogP contribution in [0.5, 0.6) is 0 Å². The molecule has 2 aromatic rings. The van der Waals surface area contributed by atoms with Gasteiger partial charge in [-0.2, -0.15) is 5.10 Å². The van der Waals surface area contributed by atoms with E-state index in [2.05, 4.69) is 15.7 Å². The van der Waals surface area contributed by atoms with Crippen molar-refractivity contribution in [2.45, 2.75) is 26.4 Å². The number of hydrogen-bond acceptors (Lipinski definition) is 5. The third kappa shape index (κ3) is 4.20. The summed E-state index contributed by atoms with van der Waals surface area (Å²) in [6.07, 6.45) is 3.61. The van der Waals surface area contributed by atoms with Crippen molar-refractivity contribution in [2.24, 2.45) is 0 Å². The number of non-ortho nitro benzene ring substituents is 1. The molecule has 0 spiro atoms. The fraction of sp³-hybridized carbons (Fsp3) is 0.357. The molecule has 1 aromatic carbocycles. The number of benzene rings is 1. The van der Waals surface area contributed by atoms with Gasteiger partial charge < -0.3 is 10.6 Å². The van der Waals surface area contributed by atoms with Crippen LogP contribution in [0.25, 0.3) is 0 Å². The zero-order chi connectivity index (χ0) is 15.2. The highest BCUT2D eigenvalue weighted by Crippen LogP contribution is 2.24. The lowest BCUT2D eigenvalue weighted by atomic mass is 10.2. The summed E-state index contributed by atoms with van der Waals surface area (Å²) < 4.78 is 1.82. The Morgan fingerprint density at radius 3 is 2.76 bits per heavy atom. The Morgan fingerprint density at radius 2 is 2.14 bits per heavy atom. The molecule has 112 valence electrons. The summed E-state index contributed by atoms with van der Waals surface area (Å²) in [6, 6.07) is 6.91. The van der Waals surface area contributed by atoms with Crippen molar-refractivity contribution in [2.75, 3.05) is 17.2 Å². The molecule has 0 saturated heterocycles. The Balaban J connectivity index is 2.12. The summed E-state index contributed by atoms with van der Waals surface area (Å²) in [4.78, 5) is 10.6. The lowest BCUT2D eigenvalue weighted by molar-refractivity contribution is -0.384. The van der Waals surface area contributed by atoms with Gasteiger partial charge in [-0.1, -0.05) is 0 Å². The Kier molecular flexibility index (Phi) is 4.76. The first kappa shape index (κ1) is 14.8. The average Bonchev–Trinajstić information content (AvgIpc) is 2.91. The fourth-order valence-electron chi connectivity index (χ4n) is 2.13. The number of anilines is 2. The highest BCUT2D eigenvalue weighted by atomic mass is 16.6. The van der Waals surface area contributed by atoms with Crippen molar-refractivity contribution in [3.05, 3.63) is 46.8 Å². The SMILES string of the molecule is CCNc1cc(NC(C)Cn2cccn2)cc([N+](=O)[O-])c1. The number of rotatable bonds is 7. The van der Waals surface area contributed by atoms with Gasteiger partial charge in [-0.05, 0) is 26.0 Å². The minimum atomic E-state index is -0.385. The van der Waals surface area contributed by atoms with E-state index in [1.165, 1.54) is 6.07 Å². The normalized spacial score (nSPS) is 11.9. The lowest BCUT2D eigenvalue weighted by Crippen LogP contribution is -2.22. The topological polar surface area (TPSA) is 85.0 Å². The number of nitro benzene ring substituents is 1. The standard InChI is InChI=1S/C14H19N5O2/c1-3-15-12-7-13(9-14(8-12)19(20)21)17-11(2)10-18-6-4-5-16-18/h4-9,11,15,17H,3,10H2,1-2H3. The molecule has 2 rings (SSSR count). The molecule has 0 saturated carbocycles. The first-order valence-corrected chi connectivity index (χ1v) is 6.86. The molecule has 0 aliphatic rings. The monoisotopic (exact) mass is 289 g/mol. The number of nitrogens with one attached hydrogen (secondary N) is 2. The summed E-state index contributed by atoms with van der Waals surface area (Å²) in [7, 11) is 0. The quantitative estimate of drug-likeness (QED) is 0.604. The molecule has 7 nitrogen and oxygen atoms in total. The molecule has 7 heteroatoms. The van der Waals surface area contributed by atoms with Gasteiger partial charge in [0.1, 0.15) is 0 Å². The van der Waals surface area contributed by atoms with E-state index in [-0.39, 0.29) is 16.7 Å². The van der Waals surface area contributed by atoms with Crippen LogP contribution in [0.3, 0.4) is 0 Å². The van der Waals surface area contributed by atoms with E-state index in [9.17, 15) is 10.1 Å². The molecular formula is C14H19N5O2. The summed E-state index contributed by atoms with van der Waals surface area (Å²) in [5.74, 6) is 0. The van der Waals surface area contributed by atoms with Crippen molar-refractivity contribution in [3.63, 3.8) is 0 Å². The predicted molar refractivity (Wildman–Crippen MR) is 82.6 cm³/mol. The molecule has 0 aliphatic carbocycles. The van der Waals surface area contributed by atoms with Gasteiger partial charge in [0.05, 0.1) is 11.5 Å². The molecule has 0 amide bonds. The summed E-state index contributed by atoms with van der Waals surface area (Å²) in [5.41, 5.74) is 1.53. The molecule has 1 aromatic heterocycles. The van der Waals surface area contributed by atoms with Crippen molar-refractivity contribution in [1.29, 1.82) is 0 Å². The Hall–Kier alpha value is -2.57. The highest BCUT2D eigenvalue weighted by Gasteiger charge is 2.11. The van der Waals surface area contributed by atoms with Gasteiger partial charge >= 0.3 is 0 Å². The van der Waals surface area contributed by atoms with E-state index in [1.54, 1.807) is 12.3 Å². The van der Waals surface area contributed by atoms with Crippen LogP contribution >= 0.6 is 0 Å². The van der Waals surface area contributed by atoms with E-state index in [0.717, 1.165) is 11.4 Å². The summed E-state index contributed by atoms with van der Waals surface area (Å²) in [5, 5.41) is 21.5. The van der Waals surface area contributed by atoms with Crippen molar-refractivity contribution < 1.29 is 4.92 Å². The van der Waals surface area contributed by atoms with Gasteiger partial charge in [0, 0.05) is 48.5 Å². The molecule has 2 N–H and O–H groups in total. The van der Waals surface area contributed by atoms with Crippen LogP contribution in [0.15, 0.2) is 36.7 Å². The maximum Gasteiger partial charge on any atom is 0.273 e. The van der Waals surface area contributed by atoms with Crippen LogP contribution in [0.4, 0.5) is 17.1 Å². The first-order chi connectivity index (χ1) is 10.1. The predicted octanol–water partition coefficient (Wildman–Crippen LogP) is 2.72. The third-order valence-corrected chi connectivity index (χ3v) is 2.94. The molecule has 0 fully saturated rings. The number of hydrogen-bond donors (Lipinski definition) is 2. The van der Waals surface area contributed by atoms with Crippen LogP contribution < -0.4 is 10.6 Å². The van der Waals surface area contributed by atoms with Gasteiger partial charge in [-0.3, -0.25) is 14.8 Å². The molecular weight excluding hydrogens is 270 g/mol. The zero-order valence-corrected chi connectivity index (χ0v) is 12.1. The maximum atomic E-state index is 11.0. The first-order valence-electron chi connectivity index (χ1n) is 6.86. The second-order valence-corrected chi connectivity index (χ2v) is 4.83. The second-order valence-electron chi connectivity index (χ2n) is 4.83. The van der Waals surface area contributed by atoms with Crippen molar-refractivity contribution in [1.82, 2.24) is 9.78 Å². The molecule has 1 unspecified atom stereocenters. The van der Waals surface area contributed by atoms with Gasteiger partial charge in [0.15, 0.2) is 0 Å². The number of aromatic nitrogens is 2. The summed E-state index contributed by atoms with van der Waals surface area (Å²) >= 11 is 0. The minimum Gasteiger partial charge on any atom is -0.385 e. The minimum absolute atomic E-state index is 0.0715. The number of nitro groups is 1. The Bertz CT molecular complexity index is 597. The Labute approximate surface area is 123 Å². The van der Waals surface area contributed by atoms with E-state index in [1.807, 2.05) is 36.9 Å². The van der Waals surface area contributed by atoms with Crippen LogP contribution in [0, 0.1) is 10.1 Å². The lowest BCUT2D eigenvalue weighted by Gasteiger charge is -2.16. The molecule has 21 heavy (non-hydrogen) atoms. The third-order valence-electron chi connectivity index (χ3n) is 2.94. The highest BCUT2D eigenvalue weighted by molar-refractivity contribution is 5.63. The van der Waals surface area contributed by atoms with E-state index in [0.29, 0.717) is 13.1 Å². The van der Waals surface area contributed by atoms with Crippen molar-refractivity contribution >= 4 is 17.1 Å². The van der Waals surface area contributed by atoms with Crippen LogP contribution in [0.1, 0.15) is 13.8 Å². The maximum absolute atomic E-state index is 11.0. The van der Waals surface area contributed by atoms with E-state index in [4.69, 9.17) is 0 Å². The average molecular weight is 289 g/mol. The fourth-order valence-corrected chi connectivity index (χ4v) is 2.13. The largest absolute Gasteiger partial charge is 0.385 e. The molecule has 0 radical (unpaired) electrons. The smallest absolute Gasteiger partial charge is 0.273 e. The number of nitrogens with zero attached hydrogens (tertiary/aromatic N) is 3. The van der Waals surface area contributed by atoms with Gasteiger partial charge in [0.2, 0.25) is 0 Å². The van der Waals surface area contributed by atoms with Crippen LogP contribution in [-0.2, 0) is 6.54 Å². The molecule has 0 aliphatic heterocycles.